The summed E-state index contributed by atoms with van der Waals surface area (Å²) in [7, 11) is 0. The Morgan fingerprint density at radius 2 is 1.57 bits per heavy atom. The van der Waals surface area contributed by atoms with Crippen molar-refractivity contribution in [2.45, 2.75) is 25.1 Å². The summed E-state index contributed by atoms with van der Waals surface area (Å²) in [5.74, 6) is 5.46. The Bertz CT molecular complexity index is 567. The molecular weight excluding hydrogens is 277 g/mol. The van der Waals surface area contributed by atoms with Crippen molar-refractivity contribution in [3.05, 3.63) is 71.3 Å². The van der Waals surface area contributed by atoms with E-state index in [-0.39, 0.29) is 5.56 Å². The van der Waals surface area contributed by atoms with Gasteiger partial charge in [0, 0.05) is 6.04 Å². The Morgan fingerprint density at radius 3 is 2.19 bits per heavy atom. The molecule has 0 amide bonds. The molecule has 0 bridgehead atoms. The Balaban J connectivity index is 2.18. The van der Waals surface area contributed by atoms with Crippen LogP contribution in [0.1, 0.15) is 29.2 Å². The Labute approximate surface area is 121 Å². The van der Waals surface area contributed by atoms with Crippen molar-refractivity contribution in [2.24, 2.45) is 5.84 Å². The van der Waals surface area contributed by atoms with Gasteiger partial charge in [0.25, 0.3) is 0 Å². The van der Waals surface area contributed by atoms with Gasteiger partial charge >= 0.3 is 6.18 Å². The molecule has 0 saturated carbocycles. The van der Waals surface area contributed by atoms with Crippen LogP contribution >= 0.6 is 0 Å². The number of rotatable bonds is 5. The lowest BCUT2D eigenvalue weighted by molar-refractivity contribution is -0.138. The number of hydrazine groups is 1. The van der Waals surface area contributed by atoms with E-state index in [9.17, 15) is 13.2 Å². The summed E-state index contributed by atoms with van der Waals surface area (Å²) in [6.45, 7) is 0. The highest BCUT2D eigenvalue weighted by Crippen LogP contribution is 2.35. The van der Waals surface area contributed by atoms with Crippen molar-refractivity contribution in [1.29, 1.82) is 0 Å². The maximum Gasteiger partial charge on any atom is 0.416 e. The molecule has 0 spiro atoms. The second kappa shape index (κ2) is 6.74. The van der Waals surface area contributed by atoms with Crippen LogP contribution in [0.2, 0.25) is 0 Å². The van der Waals surface area contributed by atoms with Crippen molar-refractivity contribution < 1.29 is 13.2 Å². The molecular formula is C16H17F3N2. The summed E-state index contributed by atoms with van der Waals surface area (Å²) in [6, 6.07) is 14.6. The Hall–Kier alpha value is -1.85. The number of nitrogens with two attached hydrogens (primary N) is 1. The van der Waals surface area contributed by atoms with E-state index in [1.807, 2.05) is 30.3 Å². The van der Waals surface area contributed by atoms with Crippen molar-refractivity contribution in [3.63, 3.8) is 0 Å². The summed E-state index contributed by atoms with van der Waals surface area (Å²) in [5.41, 5.74) is 3.12. The first kappa shape index (κ1) is 15.5. The van der Waals surface area contributed by atoms with Crippen molar-refractivity contribution in [2.75, 3.05) is 0 Å². The van der Waals surface area contributed by atoms with Gasteiger partial charge in [0.05, 0.1) is 5.56 Å². The smallest absolute Gasteiger partial charge is 0.271 e. The number of halogens is 3. The number of aryl methyl sites for hydroxylation is 1. The average molecular weight is 294 g/mol. The fourth-order valence-corrected chi connectivity index (χ4v) is 2.34. The van der Waals surface area contributed by atoms with E-state index in [1.165, 1.54) is 12.1 Å². The van der Waals surface area contributed by atoms with Gasteiger partial charge < -0.3 is 0 Å². The molecule has 1 atom stereocenters. The minimum Gasteiger partial charge on any atom is -0.271 e. The van der Waals surface area contributed by atoms with Gasteiger partial charge in [-0.3, -0.25) is 11.3 Å². The maximum atomic E-state index is 13.0. The van der Waals surface area contributed by atoms with Gasteiger partial charge in [-0.25, -0.2) is 0 Å². The molecule has 0 fully saturated rings. The van der Waals surface area contributed by atoms with Crippen LogP contribution in [0, 0.1) is 0 Å². The number of alkyl halides is 3. The lowest BCUT2D eigenvalue weighted by atomic mass is 9.95. The van der Waals surface area contributed by atoms with Crippen molar-refractivity contribution >= 4 is 0 Å². The third-order valence-corrected chi connectivity index (χ3v) is 3.41. The number of hydrogen-bond acceptors (Lipinski definition) is 2. The van der Waals surface area contributed by atoms with Crippen molar-refractivity contribution in [1.82, 2.24) is 5.43 Å². The van der Waals surface area contributed by atoms with Gasteiger partial charge in [0.15, 0.2) is 0 Å². The molecule has 21 heavy (non-hydrogen) atoms. The fourth-order valence-electron chi connectivity index (χ4n) is 2.34. The molecule has 0 aliphatic heterocycles. The molecule has 3 N–H and O–H groups in total. The zero-order valence-electron chi connectivity index (χ0n) is 11.4. The largest absolute Gasteiger partial charge is 0.416 e. The highest BCUT2D eigenvalue weighted by atomic mass is 19.4. The fraction of sp³-hybridized carbons (Fsp3) is 0.250. The quantitative estimate of drug-likeness (QED) is 0.649. The van der Waals surface area contributed by atoms with E-state index < -0.39 is 17.8 Å². The molecule has 1 unspecified atom stereocenters. The first-order chi connectivity index (χ1) is 10.0. The molecule has 0 radical (unpaired) electrons. The van der Waals surface area contributed by atoms with Gasteiger partial charge in [-0.1, -0.05) is 48.5 Å². The van der Waals surface area contributed by atoms with E-state index in [2.05, 4.69) is 5.43 Å². The zero-order chi connectivity index (χ0) is 15.3. The summed E-state index contributed by atoms with van der Waals surface area (Å²) in [5, 5.41) is 0. The molecule has 2 rings (SSSR count). The van der Waals surface area contributed by atoms with Crippen LogP contribution in [0.4, 0.5) is 13.2 Å². The number of hydrogen-bond donors (Lipinski definition) is 2. The van der Waals surface area contributed by atoms with Gasteiger partial charge in [-0.2, -0.15) is 13.2 Å². The van der Waals surface area contributed by atoms with E-state index in [4.69, 9.17) is 5.84 Å². The minimum atomic E-state index is -4.38. The standard InChI is InChI=1S/C16H17F3N2/c17-16(18,19)14-9-5-4-8-13(14)15(21-20)11-10-12-6-2-1-3-7-12/h1-9,15,21H,10-11,20H2. The molecule has 0 saturated heterocycles. The summed E-state index contributed by atoms with van der Waals surface area (Å²) in [6.07, 6.45) is -3.23. The molecule has 0 aliphatic carbocycles. The second-order valence-electron chi connectivity index (χ2n) is 4.83. The second-order valence-corrected chi connectivity index (χ2v) is 4.83. The highest BCUT2D eigenvalue weighted by molar-refractivity contribution is 5.32. The van der Waals surface area contributed by atoms with Gasteiger partial charge in [0.1, 0.15) is 0 Å². The summed E-state index contributed by atoms with van der Waals surface area (Å²) >= 11 is 0. The zero-order valence-corrected chi connectivity index (χ0v) is 11.4. The average Bonchev–Trinajstić information content (AvgIpc) is 2.48. The van der Waals surface area contributed by atoms with Crippen LogP contribution in [-0.2, 0) is 12.6 Å². The molecule has 2 aromatic rings. The van der Waals surface area contributed by atoms with E-state index in [0.717, 1.165) is 11.6 Å². The Morgan fingerprint density at radius 1 is 0.952 bits per heavy atom. The number of benzene rings is 2. The van der Waals surface area contributed by atoms with E-state index in [1.54, 1.807) is 6.07 Å². The lowest BCUT2D eigenvalue weighted by Crippen LogP contribution is -2.30. The molecule has 5 heteroatoms. The summed E-state index contributed by atoms with van der Waals surface area (Å²) < 4.78 is 39.1. The van der Waals surface area contributed by atoms with Gasteiger partial charge in [0.2, 0.25) is 0 Å². The lowest BCUT2D eigenvalue weighted by Gasteiger charge is -2.21. The molecule has 0 aliphatic rings. The maximum absolute atomic E-state index is 13.0. The highest BCUT2D eigenvalue weighted by Gasteiger charge is 2.34. The van der Waals surface area contributed by atoms with Gasteiger partial charge in [-0.15, -0.1) is 0 Å². The van der Waals surface area contributed by atoms with E-state index in [0.29, 0.717) is 12.8 Å². The first-order valence-corrected chi connectivity index (χ1v) is 6.68. The Kier molecular flexibility index (Phi) is 4.98. The first-order valence-electron chi connectivity index (χ1n) is 6.68. The molecule has 112 valence electrons. The molecule has 0 aromatic heterocycles. The normalized spacial score (nSPS) is 13.1. The molecule has 0 heterocycles. The van der Waals surface area contributed by atoms with Crippen LogP contribution in [0.25, 0.3) is 0 Å². The van der Waals surface area contributed by atoms with Crippen LogP contribution in [0.3, 0.4) is 0 Å². The van der Waals surface area contributed by atoms with Crippen LogP contribution in [-0.4, -0.2) is 0 Å². The minimum absolute atomic E-state index is 0.184. The third kappa shape index (κ3) is 4.06. The van der Waals surface area contributed by atoms with E-state index >= 15 is 0 Å². The molecule has 2 nitrogen and oxygen atoms in total. The van der Waals surface area contributed by atoms with Crippen LogP contribution in [0.15, 0.2) is 54.6 Å². The monoisotopic (exact) mass is 294 g/mol. The molecule has 2 aromatic carbocycles. The van der Waals surface area contributed by atoms with Crippen LogP contribution in [0.5, 0.6) is 0 Å². The third-order valence-electron chi connectivity index (χ3n) is 3.41. The predicted molar refractivity (Wildman–Crippen MR) is 76.3 cm³/mol. The van der Waals surface area contributed by atoms with Crippen LogP contribution < -0.4 is 11.3 Å². The summed E-state index contributed by atoms with van der Waals surface area (Å²) in [4.78, 5) is 0. The SMILES string of the molecule is NNC(CCc1ccccc1)c1ccccc1C(F)(F)F. The number of nitrogens with one attached hydrogen (secondary N) is 1. The topological polar surface area (TPSA) is 38.0 Å². The van der Waals surface area contributed by atoms with Crippen molar-refractivity contribution in [3.8, 4) is 0 Å². The predicted octanol–water partition coefficient (Wildman–Crippen LogP) is 3.84. The van der Waals surface area contributed by atoms with Gasteiger partial charge in [-0.05, 0) is 30.0 Å².